The van der Waals surface area contributed by atoms with Crippen LogP contribution in [0.4, 0.5) is 0 Å². The van der Waals surface area contributed by atoms with Gasteiger partial charge in [-0.2, -0.15) is 5.26 Å². The first kappa shape index (κ1) is 20.9. The van der Waals surface area contributed by atoms with E-state index in [1.165, 1.54) is 48.7 Å². The maximum Gasteiger partial charge on any atom is 0.379 e. The van der Waals surface area contributed by atoms with E-state index < -0.39 is 20.7 Å². The van der Waals surface area contributed by atoms with E-state index in [1.807, 2.05) is 0 Å². The van der Waals surface area contributed by atoms with Crippen molar-refractivity contribution in [2.75, 3.05) is 6.61 Å². The molecule has 0 aliphatic carbocycles. The fraction of sp³-hybridized carbons (Fsp3) is 0.0909. The van der Waals surface area contributed by atoms with Crippen molar-refractivity contribution in [3.63, 3.8) is 0 Å². The molecular weight excluding hydrogens is 406 g/mol. The molecule has 0 bridgehead atoms. The van der Waals surface area contributed by atoms with Crippen molar-refractivity contribution in [3.8, 4) is 17.6 Å². The Morgan fingerprint density at radius 1 is 1.10 bits per heavy atom. The van der Waals surface area contributed by atoms with Gasteiger partial charge in [0.15, 0.2) is 11.5 Å². The van der Waals surface area contributed by atoms with Crippen LogP contribution in [-0.4, -0.2) is 21.0 Å². The molecule has 0 aliphatic heterocycles. The third kappa shape index (κ3) is 4.59. The molecule has 0 N–H and O–H groups in total. The molecule has 3 rings (SSSR count). The number of sulfone groups is 1. The van der Waals surface area contributed by atoms with E-state index in [1.54, 1.807) is 37.3 Å². The second kappa shape index (κ2) is 9.11. The Bertz CT molecular complexity index is 1210. The van der Waals surface area contributed by atoms with E-state index in [0.29, 0.717) is 5.56 Å². The number of esters is 1. The van der Waals surface area contributed by atoms with Gasteiger partial charge in [0.25, 0.3) is 0 Å². The molecular formula is C22H17NO6S. The molecule has 0 radical (unpaired) electrons. The number of hydrogen-bond donors (Lipinski definition) is 0. The number of nitriles is 1. The smallest absolute Gasteiger partial charge is 0.379 e. The first-order chi connectivity index (χ1) is 14.5. The summed E-state index contributed by atoms with van der Waals surface area (Å²) in [6, 6.07) is 16.9. The Morgan fingerprint density at radius 2 is 1.87 bits per heavy atom. The van der Waals surface area contributed by atoms with Crippen LogP contribution in [-0.2, 0) is 9.84 Å². The van der Waals surface area contributed by atoms with Gasteiger partial charge in [0.1, 0.15) is 11.0 Å². The fourth-order valence-corrected chi connectivity index (χ4v) is 3.74. The molecule has 8 heteroatoms. The number of rotatable bonds is 7. The summed E-state index contributed by atoms with van der Waals surface area (Å²) in [5.41, 5.74) is 0.396. The van der Waals surface area contributed by atoms with E-state index >= 15 is 0 Å². The summed E-state index contributed by atoms with van der Waals surface area (Å²) in [7, 11) is -3.97. The molecule has 30 heavy (non-hydrogen) atoms. The van der Waals surface area contributed by atoms with Crippen molar-refractivity contribution in [2.24, 2.45) is 0 Å². The maximum atomic E-state index is 12.7. The molecule has 0 fully saturated rings. The molecule has 152 valence electrons. The highest BCUT2D eigenvalue weighted by Crippen LogP contribution is 2.31. The van der Waals surface area contributed by atoms with E-state index in [-0.39, 0.29) is 28.8 Å². The maximum absolute atomic E-state index is 12.7. The average Bonchev–Trinajstić information content (AvgIpc) is 3.29. The van der Waals surface area contributed by atoms with Gasteiger partial charge in [-0.15, -0.1) is 0 Å². The van der Waals surface area contributed by atoms with Crippen molar-refractivity contribution < 1.29 is 27.1 Å². The predicted octanol–water partition coefficient (Wildman–Crippen LogP) is 4.24. The first-order valence-electron chi connectivity index (χ1n) is 8.90. The lowest BCUT2D eigenvalue weighted by molar-refractivity contribution is 0.0695. The molecule has 0 saturated carbocycles. The van der Waals surface area contributed by atoms with Gasteiger partial charge in [-0.1, -0.05) is 24.3 Å². The Kier molecular flexibility index (Phi) is 6.35. The van der Waals surface area contributed by atoms with Crippen LogP contribution in [0.3, 0.4) is 0 Å². The van der Waals surface area contributed by atoms with Crippen molar-refractivity contribution in [2.45, 2.75) is 11.8 Å². The summed E-state index contributed by atoms with van der Waals surface area (Å²) >= 11 is 0. The number of carbonyl (C=O) groups is 1. The van der Waals surface area contributed by atoms with Crippen molar-refractivity contribution in [1.29, 1.82) is 5.26 Å². The average molecular weight is 423 g/mol. The molecule has 0 saturated heterocycles. The number of carbonyl (C=O) groups excluding carboxylic acids is 1. The summed E-state index contributed by atoms with van der Waals surface area (Å²) in [4.78, 5) is 11.7. The standard InChI is InChI=1S/C22H17NO6S/c1-2-27-21-14-16(10-11-19(21)29-22(24)20-9-6-12-28-20)13-18(15-23)30(25,26)17-7-4-3-5-8-17/h3-14H,2H2,1H3/b18-13+. The first-order valence-corrected chi connectivity index (χ1v) is 10.4. The lowest BCUT2D eigenvalue weighted by Gasteiger charge is -2.11. The number of benzene rings is 2. The molecule has 0 unspecified atom stereocenters. The summed E-state index contributed by atoms with van der Waals surface area (Å²) in [6.07, 6.45) is 2.59. The van der Waals surface area contributed by atoms with Crippen molar-refractivity contribution in [3.05, 3.63) is 83.2 Å². The van der Waals surface area contributed by atoms with Gasteiger partial charge in [-0.3, -0.25) is 0 Å². The minimum atomic E-state index is -3.97. The minimum Gasteiger partial charge on any atom is -0.490 e. The summed E-state index contributed by atoms with van der Waals surface area (Å²) in [6.45, 7) is 2.03. The van der Waals surface area contributed by atoms with Gasteiger partial charge < -0.3 is 13.9 Å². The molecule has 1 aromatic heterocycles. The van der Waals surface area contributed by atoms with Crippen LogP contribution in [0.1, 0.15) is 23.0 Å². The Hall–Kier alpha value is -3.83. The van der Waals surface area contributed by atoms with Gasteiger partial charge in [0.05, 0.1) is 17.8 Å². The molecule has 0 spiro atoms. The third-order valence-corrected chi connectivity index (χ3v) is 5.62. The molecule has 3 aromatic rings. The highest BCUT2D eigenvalue weighted by atomic mass is 32.2. The number of ether oxygens (including phenoxy) is 2. The van der Waals surface area contributed by atoms with E-state index in [0.717, 1.165) is 0 Å². The zero-order chi connectivity index (χ0) is 21.6. The van der Waals surface area contributed by atoms with Gasteiger partial charge in [-0.25, -0.2) is 13.2 Å². The monoisotopic (exact) mass is 423 g/mol. The lowest BCUT2D eigenvalue weighted by Crippen LogP contribution is -2.08. The molecule has 7 nitrogen and oxygen atoms in total. The lowest BCUT2D eigenvalue weighted by atomic mass is 10.2. The van der Waals surface area contributed by atoms with Gasteiger partial charge >= 0.3 is 5.97 Å². The van der Waals surface area contributed by atoms with Gasteiger partial charge in [-0.05, 0) is 55.0 Å². The van der Waals surface area contributed by atoms with Crippen LogP contribution in [0, 0.1) is 11.3 Å². The molecule has 2 aromatic carbocycles. The zero-order valence-electron chi connectivity index (χ0n) is 15.9. The number of hydrogen-bond acceptors (Lipinski definition) is 7. The van der Waals surface area contributed by atoms with E-state index in [9.17, 15) is 18.5 Å². The summed E-state index contributed by atoms with van der Waals surface area (Å²) in [5.74, 6) is -0.309. The van der Waals surface area contributed by atoms with Crippen LogP contribution in [0.25, 0.3) is 6.08 Å². The van der Waals surface area contributed by atoms with Crippen LogP contribution in [0.5, 0.6) is 11.5 Å². The predicted molar refractivity (Wildman–Crippen MR) is 108 cm³/mol. The number of furan rings is 1. The van der Waals surface area contributed by atoms with E-state index in [2.05, 4.69) is 0 Å². The van der Waals surface area contributed by atoms with Gasteiger partial charge in [0, 0.05) is 0 Å². The Labute approximate surface area is 173 Å². The highest BCUT2D eigenvalue weighted by molar-refractivity contribution is 7.95. The van der Waals surface area contributed by atoms with Crippen LogP contribution >= 0.6 is 0 Å². The summed E-state index contributed by atoms with van der Waals surface area (Å²) in [5, 5.41) is 9.43. The molecule has 0 amide bonds. The number of nitrogens with zero attached hydrogens (tertiary/aromatic N) is 1. The SMILES string of the molecule is CCOc1cc(/C=C(\C#N)S(=O)(=O)c2ccccc2)ccc1OC(=O)c1ccco1. The van der Waals surface area contributed by atoms with Crippen LogP contribution in [0.15, 0.2) is 81.1 Å². The second-order valence-corrected chi connectivity index (χ2v) is 7.86. The normalized spacial score (nSPS) is 11.5. The van der Waals surface area contributed by atoms with E-state index in [4.69, 9.17) is 13.9 Å². The Morgan fingerprint density at radius 3 is 2.50 bits per heavy atom. The van der Waals surface area contributed by atoms with Crippen molar-refractivity contribution >= 4 is 21.9 Å². The summed E-state index contributed by atoms with van der Waals surface area (Å²) < 4.78 is 41.3. The van der Waals surface area contributed by atoms with Gasteiger partial charge in [0.2, 0.25) is 15.6 Å². The highest BCUT2D eigenvalue weighted by Gasteiger charge is 2.21. The fourth-order valence-electron chi connectivity index (χ4n) is 2.56. The largest absolute Gasteiger partial charge is 0.490 e. The molecule has 0 atom stereocenters. The van der Waals surface area contributed by atoms with Crippen LogP contribution < -0.4 is 9.47 Å². The number of allylic oxidation sites excluding steroid dienone is 1. The zero-order valence-corrected chi connectivity index (χ0v) is 16.8. The van der Waals surface area contributed by atoms with Crippen LogP contribution in [0.2, 0.25) is 0 Å². The minimum absolute atomic E-state index is 0.0202. The topological polar surface area (TPSA) is 107 Å². The Balaban J connectivity index is 1.95. The molecule has 1 heterocycles. The third-order valence-electron chi connectivity index (χ3n) is 3.94. The van der Waals surface area contributed by atoms with Crippen molar-refractivity contribution in [1.82, 2.24) is 0 Å². The second-order valence-electron chi connectivity index (χ2n) is 5.94. The molecule has 0 aliphatic rings. The quantitative estimate of drug-likeness (QED) is 0.318.